The number of hydrogen-bond donors (Lipinski definition) is 1. The molecule has 1 aromatic heterocycles. The van der Waals surface area contributed by atoms with Crippen molar-refractivity contribution < 1.29 is 4.74 Å². The fourth-order valence-corrected chi connectivity index (χ4v) is 2.81. The SMILES string of the molecule is CC(C)Oc1cccnc1NC1CCCC(C)C1C. The Hall–Kier alpha value is -1.25. The molecule has 0 saturated heterocycles. The Morgan fingerprint density at radius 3 is 2.84 bits per heavy atom. The maximum Gasteiger partial charge on any atom is 0.168 e. The van der Waals surface area contributed by atoms with E-state index in [0.29, 0.717) is 12.0 Å². The van der Waals surface area contributed by atoms with Crippen LogP contribution in [0.1, 0.15) is 47.0 Å². The van der Waals surface area contributed by atoms with Gasteiger partial charge in [-0.25, -0.2) is 4.98 Å². The number of anilines is 1. The van der Waals surface area contributed by atoms with Crippen molar-refractivity contribution in [1.29, 1.82) is 0 Å². The highest BCUT2D eigenvalue weighted by Gasteiger charge is 2.27. The number of hydrogen-bond acceptors (Lipinski definition) is 3. The molecular formula is C16H26N2O. The highest BCUT2D eigenvalue weighted by Crippen LogP contribution is 2.33. The van der Waals surface area contributed by atoms with Gasteiger partial charge in [-0.2, -0.15) is 0 Å². The van der Waals surface area contributed by atoms with E-state index in [1.807, 2.05) is 32.2 Å². The molecule has 1 N–H and O–H groups in total. The molecule has 2 rings (SSSR count). The third-order valence-corrected chi connectivity index (χ3v) is 4.16. The quantitative estimate of drug-likeness (QED) is 0.886. The summed E-state index contributed by atoms with van der Waals surface area (Å²) in [6, 6.07) is 4.43. The Kier molecular flexibility index (Phi) is 4.67. The summed E-state index contributed by atoms with van der Waals surface area (Å²) in [5.74, 6) is 3.22. The van der Waals surface area contributed by atoms with Crippen molar-refractivity contribution in [2.75, 3.05) is 5.32 Å². The molecule has 1 saturated carbocycles. The van der Waals surface area contributed by atoms with E-state index >= 15 is 0 Å². The van der Waals surface area contributed by atoms with Crippen LogP contribution in [-0.2, 0) is 0 Å². The van der Waals surface area contributed by atoms with E-state index in [1.54, 1.807) is 0 Å². The summed E-state index contributed by atoms with van der Waals surface area (Å²) >= 11 is 0. The zero-order valence-electron chi connectivity index (χ0n) is 12.5. The molecule has 0 amide bonds. The van der Waals surface area contributed by atoms with Crippen molar-refractivity contribution in [3.8, 4) is 5.75 Å². The highest BCUT2D eigenvalue weighted by molar-refractivity contribution is 5.50. The highest BCUT2D eigenvalue weighted by atomic mass is 16.5. The molecule has 0 aromatic carbocycles. The zero-order chi connectivity index (χ0) is 13.8. The number of nitrogens with zero attached hydrogens (tertiary/aromatic N) is 1. The van der Waals surface area contributed by atoms with Gasteiger partial charge in [0.05, 0.1) is 6.10 Å². The van der Waals surface area contributed by atoms with Gasteiger partial charge >= 0.3 is 0 Å². The van der Waals surface area contributed by atoms with Crippen LogP contribution in [-0.4, -0.2) is 17.1 Å². The predicted octanol–water partition coefficient (Wildman–Crippen LogP) is 4.11. The second-order valence-electron chi connectivity index (χ2n) is 6.03. The van der Waals surface area contributed by atoms with Crippen LogP contribution in [0, 0.1) is 11.8 Å². The molecule has 3 atom stereocenters. The lowest BCUT2D eigenvalue weighted by molar-refractivity contribution is 0.237. The van der Waals surface area contributed by atoms with Crippen LogP contribution in [0.15, 0.2) is 18.3 Å². The van der Waals surface area contributed by atoms with Crippen LogP contribution in [0.25, 0.3) is 0 Å². The summed E-state index contributed by atoms with van der Waals surface area (Å²) in [4.78, 5) is 4.45. The first-order valence-electron chi connectivity index (χ1n) is 7.46. The van der Waals surface area contributed by atoms with Crippen molar-refractivity contribution in [3.63, 3.8) is 0 Å². The number of pyridine rings is 1. The van der Waals surface area contributed by atoms with E-state index < -0.39 is 0 Å². The first-order valence-corrected chi connectivity index (χ1v) is 7.46. The lowest BCUT2D eigenvalue weighted by Gasteiger charge is -2.35. The smallest absolute Gasteiger partial charge is 0.168 e. The minimum absolute atomic E-state index is 0.174. The largest absolute Gasteiger partial charge is 0.487 e. The lowest BCUT2D eigenvalue weighted by Crippen LogP contribution is -2.35. The lowest BCUT2D eigenvalue weighted by atomic mass is 9.78. The summed E-state index contributed by atoms with van der Waals surface area (Å²) in [5.41, 5.74) is 0. The molecular weight excluding hydrogens is 236 g/mol. The Labute approximate surface area is 116 Å². The van der Waals surface area contributed by atoms with E-state index in [1.165, 1.54) is 19.3 Å². The summed E-state index contributed by atoms with van der Waals surface area (Å²) in [7, 11) is 0. The van der Waals surface area contributed by atoms with Crippen molar-refractivity contribution >= 4 is 5.82 Å². The van der Waals surface area contributed by atoms with Gasteiger partial charge in [-0.3, -0.25) is 0 Å². The van der Waals surface area contributed by atoms with E-state index in [4.69, 9.17) is 4.74 Å². The van der Waals surface area contributed by atoms with E-state index in [-0.39, 0.29) is 6.10 Å². The van der Waals surface area contributed by atoms with Crippen LogP contribution < -0.4 is 10.1 Å². The fourth-order valence-electron chi connectivity index (χ4n) is 2.81. The average molecular weight is 262 g/mol. The van der Waals surface area contributed by atoms with Crippen LogP contribution in [0.4, 0.5) is 5.82 Å². The summed E-state index contributed by atoms with van der Waals surface area (Å²) < 4.78 is 5.82. The van der Waals surface area contributed by atoms with Crippen molar-refractivity contribution in [1.82, 2.24) is 4.98 Å². The van der Waals surface area contributed by atoms with Crippen molar-refractivity contribution in [2.24, 2.45) is 11.8 Å². The first-order chi connectivity index (χ1) is 9.08. The van der Waals surface area contributed by atoms with Crippen molar-refractivity contribution in [3.05, 3.63) is 18.3 Å². The zero-order valence-corrected chi connectivity index (χ0v) is 12.5. The van der Waals surface area contributed by atoms with Gasteiger partial charge < -0.3 is 10.1 Å². The molecule has 0 bridgehead atoms. The molecule has 106 valence electrons. The van der Waals surface area contributed by atoms with Gasteiger partial charge in [0.25, 0.3) is 0 Å². The van der Waals surface area contributed by atoms with Gasteiger partial charge in [-0.05, 0) is 44.2 Å². The molecule has 1 aromatic rings. The summed E-state index contributed by atoms with van der Waals surface area (Å²) in [6.45, 7) is 8.78. The van der Waals surface area contributed by atoms with E-state index in [9.17, 15) is 0 Å². The fraction of sp³-hybridized carbons (Fsp3) is 0.688. The molecule has 1 aliphatic rings. The van der Waals surface area contributed by atoms with Crippen LogP contribution >= 0.6 is 0 Å². The Balaban J connectivity index is 2.09. The van der Waals surface area contributed by atoms with Gasteiger partial charge in [0, 0.05) is 12.2 Å². The van der Waals surface area contributed by atoms with E-state index in [2.05, 4.69) is 24.1 Å². The topological polar surface area (TPSA) is 34.1 Å². The van der Waals surface area contributed by atoms with Crippen LogP contribution in [0.2, 0.25) is 0 Å². The molecule has 3 nitrogen and oxygen atoms in total. The van der Waals surface area contributed by atoms with Gasteiger partial charge in [-0.15, -0.1) is 0 Å². The Bertz CT molecular complexity index is 405. The van der Waals surface area contributed by atoms with Crippen LogP contribution in [0.3, 0.4) is 0 Å². The molecule has 1 aliphatic carbocycles. The summed E-state index contributed by atoms with van der Waals surface area (Å²) in [6.07, 6.45) is 5.87. The number of nitrogens with one attached hydrogen (secondary N) is 1. The molecule has 0 aliphatic heterocycles. The third kappa shape index (κ3) is 3.62. The van der Waals surface area contributed by atoms with Gasteiger partial charge in [0.15, 0.2) is 11.6 Å². The molecule has 0 spiro atoms. The van der Waals surface area contributed by atoms with Gasteiger partial charge in [-0.1, -0.05) is 26.7 Å². The second kappa shape index (κ2) is 6.27. The Morgan fingerprint density at radius 2 is 2.11 bits per heavy atom. The normalized spacial score (nSPS) is 27.3. The van der Waals surface area contributed by atoms with Crippen molar-refractivity contribution in [2.45, 2.75) is 59.1 Å². The standard InChI is InChI=1S/C16H26N2O/c1-11(2)19-15-9-6-10-17-16(15)18-14-8-5-7-12(3)13(14)4/h6,9-14H,5,7-8H2,1-4H3,(H,17,18). The molecule has 1 heterocycles. The number of aromatic nitrogens is 1. The molecule has 1 fully saturated rings. The van der Waals surface area contributed by atoms with E-state index in [0.717, 1.165) is 17.5 Å². The average Bonchev–Trinajstić information content (AvgIpc) is 2.36. The molecule has 3 unspecified atom stereocenters. The predicted molar refractivity (Wildman–Crippen MR) is 79.6 cm³/mol. The second-order valence-corrected chi connectivity index (χ2v) is 6.03. The molecule has 0 radical (unpaired) electrons. The maximum absolute atomic E-state index is 5.82. The monoisotopic (exact) mass is 262 g/mol. The number of ether oxygens (including phenoxy) is 1. The summed E-state index contributed by atoms with van der Waals surface area (Å²) in [5, 5.41) is 3.60. The minimum atomic E-state index is 0.174. The third-order valence-electron chi connectivity index (χ3n) is 4.16. The molecule has 3 heteroatoms. The van der Waals surface area contributed by atoms with Gasteiger partial charge in [0.1, 0.15) is 0 Å². The number of rotatable bonds is 4. The van der Waals surface area contributed by atoms with Gasteiger partial charge in [0.2, 0.25) is 0 Å². The maximum atomic E-state index is 5.82. The minimum Gasteiger partial charge on any atom is -0.487 e. The first kappa shape index (κ1) is 14.2. The van der Waals surface area contributed by atoms with Crippen LogP contribution in [0.5, 0.6) is 5.75 Å². The Morgan fingerprint density at radius 1 is 1.32 bits per heavy atom. The molecule has 19 heavy (non-hydrogen) atoms.